The SMILES string of the molecule is CC(C)n1c([C@H](C)N[C@@H](C)C(=O)Nc2ccc(F)c(F)c2)nc2ccccc21. The fraction of sp³-hybridized carbons (Fsp3) is 0.333. The summed E-state index contributed by atoms with van der Waals surface area (Å²) in [7, 11) is 0. The van der Waals surface area contributed by atoms with E-state index in [2.05, 4.69) is 29.0 Å². The zero-order valence-electron chi connectivity index (χ0n) is 16.3. The van der Waals surface area contributed by atoms with Crippen molar-refractivity contribution in [1.29, 1.82) is 0 Å². The summed E-state index contributed by atoms with van der Waals surface area (Å²) in [4.78, 5) is 17.2. The van der Waals surface area contributed by atoms with Gasteiger partial charge in [0.2, 0.25) is 5.91 Å². The number of hydrogen-bond donors (Lipinski definition) is 2. The summed E-state index contributed by atoms with van der Waals surface area (Å²) in [6, 6.07) is 10.6. The van der Waals surface area contributed by atoms with Crippen molar-refractivity contribution in [2.24, 2.45) is 0 Å². The molecule has 148 valence electrons. The molecule has 0 fully saturated rings. The molecule has 2 N–H and O–H groups in total. The van der Waals surface area contributed by atoms with Crippen LogP contribution in [0.2, 0.25) is 0 Å². The lowest BCUT2D eigenvalue weighted by molar-refractivity contribution is -0.118. The van der Waals surface area contributed by atoms with Gasteiger partial charge in [-0.05, 0) is 52.0 Å². The molecule has 7 heteroatoms. The van der Waals surface area contributed by atoms with E-state index >= 15 is 0 Å². The molecule has 3 aromatic rings. The predicted molar refractivity (Wildman–Crippen MR) is 106 cm³/mol. The summed E-state index contributed by atoms with van der Waals surface area (Å²) in [5.74, 6) is -1.46. The van der Waals surface area contributed by atoms with Crippen LogP contribution in [0.5, 0.6) is 0 Å². The molecule has 0 unspecified atom stereocenters. The zero-order valence-corrected chi connectivity index (χ0v) is 16.3. The van der Waals surface area contributed by atoms with Crippen molar-refractivity contribution in [1.82, 2.24) is 14.9 Å². The molecule has 3 rings (SSSR count). The van der Waals surface area contributed by atoms with E-state index in [-0.39, 0.29) is 23.7 Å². The molecule has 1 heterocycles. The minimum atomic E-state index is -1.00. The molecule has 0 radical (unpaired) electrons. The first-order valence-corrected chi connectivity index (χ1v) is 9.26. The van der Waals surface area contributed by atoms with E-state index in [1.807, 2.05) is 31.2 Å². The van der Waals surface area contributed by atoms with Crippen LogP contribution >= 0.6 is 0 Å². The molecule has 28 heavy (non-hydrogen) atoms. The Kier molecular flexibility index (Phi) is 5.74. The molecule has 0 saturated heterocycles. The van der Waals surface area contributed by atoms with Gasteiger partial charge in [0.15, 0.2) is 11.6 Å². The topological polar surface area (TPSA) is 59.0 Å². The number of para-hydroxylation sites is 2. The molecule has 0 aliphatic heterocycles. The molecule has 5 nitrogen and oxygen atoms in total. The number of nitrogens with zero attached hydrogens (tertiary/aromatic N) is 2. The number of fused-ring (bicyclic) bond motifs is 1. The minimum Gasteiger partial charge on any atom is -0.325 e. The molecule has 0 spiro atoms. The van der Waals surface area contributed by atoms with Gasteiger partial charge in [-0.25, -0.2) is 13.8 Å². The Balaban J connectivity index is 1.75. The molecule has 2 atom stereocenters. The predicted octanol–water partition coefficient (Wildman–Crippen LogP) is 4.57. The third kappa shape index (κ3) is 4.04. The molecule has 2 aromatic carbocycles. The summed E-state index contributed by atoms with van der Waals surface area (Å²) in [6.07, 6.45) is 0. The highest BCUT2D eigenvalue weighted by molar-refractivity contribution is 5.94. The van der Waals surface area contributed by atoms with Crippen LogP contribution in [-0.4, -0.2) is 21.5 Å². The number of hydrogen-bond acceptors (Lipinski definition) is 3. The third-order valence-corrected chi connectivity index (χ3v) is 4.61. The normalized spacial score (nSPS) is 13.7. The first-order chi connectivity index (χ1) is 13.3. The maximum Gasteiger partial charge on any atom is 0.241 e. The number of nitrogens with one attached hydrogen (secondary N) is 2. The Hall–Kier alpha value is -2.80. The summed E-state index contributed by atoms with van der Waals surface area (Å²) >= 11 is 0. The average molecular weight is 386 g/mol. The van der Waals surface area contributed by atoms with E-state index in [1.165, 1.54) is 6.07 Å². The smallest absolute Gasteiger partial charge is 0.241 e. The van der Waals surface area contributed by atoms with E-state index in [0.29, 0.717) is 0 Å². The molecule has 0 saturated carbocycles. The molecule has 0 aliphatic carbocycles. The number of amides is 1. The lowest BCUT2D eigenvalue weighted by atomic mass is 10.2. The zero-order chi connectivity index (χ0) is 20.4. The second-order valence-corrected chi connectivity index (χ2v) is 7.15. The fourth-order valence-corrected chi connectivity index (χ4v) is 3.26. The van der Waals surface area contributed by atoms with Gasteiger partial charge in [0, 0.05) is 17.8 Å². The number of carbonyl (C=O) groups excluding carboxylic acids is 1. The molecular weight excluding hydrogens is 362 g/mol. The van der Waals surface area contributed by atoms with E-state index in [9.17, 15) is 13.6 Å². The van der Waals surface area contributed by atoms with Crippen molar-refractivity contribution in [3.05, 3.63) is 59.9 Å². The Morgan fingerprint density at radius 3 is 2.43 bits per heavy atom. The Morgan fingerprint density at radius 1 is 1.04 bits per heavy atom. The van der Waals surface area contributed by atoms with Crippen LogP contribution in [-0.2, 0) is 4.79 Å². The van der Waals surface area contributed by atoms with Crippen molar-refractivity contribution in [2.45, 2.75) is 45.8 Å². The first-order valence-electron chi connectivity index (χ1n) is 9.26. The lowest BCUT2D eigenvalue weighted by Gasteiger charge is -2.22. The van der Waals surface area contributed by atoms with Crippen LogP contribution < -0.4 is 10.6 Å². The largest absolute Gasteiger partial charge is 0.325 e. The van der Waals surface area contributed by atoms with Gasteiger partial charge in [0.25, 0.3) is 0 Å². The van der Waals surface area contributed by atoms with Crippen molar-refractivity contribution in [3.63, 3.8) is 0 Å². The maximum atomic E-state index is 13.3. The number of halogens is 2. The Labute approximate surface area is 162 Å². The minimum absolute atomic E-state index is 0.194. The van der Waals surface area contributed by atoms with Gasteiger partial charge in [-0.2, -0.15) is 0 Å². The van der Waals surface area contributed by atoms with E-state index < -0.39 is 17.7 Å². The molecule has 0 bridgehead atoms. The highest BCUT2D eigenvalue weighted by Crippen LogP contribution is 2.25. The van der Waals surface area contributed by atoms with Crippen LogP contribution in [0.1, 0.15) is 45.6 Å². The average Bonchev–Trinajstić information content (AvgIpc) is 3.04. The lowest BCUT2D eigenvalue weighted by Crippen LogP contribution is -2.40. The van der Waals surface area contributed by atoms with Crippen molar-refractivity contribution in [2.75, 3.05) is 5.32 Å². The second kappa shape index (κ2) is 8.06. The van der Waals surface area contributed by atoms with Gasteiger partial charge >= 0.3 is 0 Å². The van der Waals surface area contributed by atoms with Gasteiger partial charge in [0.05, 0.1) is 23.1 Å². The Morgan fingerprint density at radius 2 is 1.75 bits per heavy atom. The number of aromatic nitrogens is 2. The molecular formula is C21H24F2N4O. The van der Waals surface area contributed by atoms with E-state index in [1.54, 1.807) is 6.92 Å². The third-order valence-electron chi connectivity index (χ3n) is 4.61. The monoisotopic (exact) mass is 386 g/mol. The van der Waals surface area contributed by atoms with Crippen molar-refractivity contribution >= 4 is 22.6 Å². The quantitative estimate of drug-likeness (QED) is 0.652. The van der Waals surface area contributed by atoms with Crippen LogP contribution in [0.15, 0.2) is 42.5 Å². The fourth-order valence-electron chi connectivity index (χ4n) is 3.26. The number of imidazole rings is 1. The van der Waals surface area contributed by atoms with Gasteiger partial charge < -0.3 is 9.88 Å². The van der Waals surface area contributed by atoms with Gasteiger partial charge in [0.1, 0.15) is 5.82 Å². The van der Waals surface area contributed by atoms with Gasteiger partial charge in [-0.1, -0.05) is 12.1 Å². The summed E-state index contributed by atoms with van der Waals surface area (Å²) in [5.41, 5.74) is 2.15. The number of carbonyl (C=O) groups is 1. The standard InChI is InChI=1S/C21H24F2N4O/c1-12(2)27-19-8-6-5-7-18(19)26-20(27)13(3)24-14(4)21(28)25-15-9-10-16(22)17(23)11-15/h5-14,24H,1-4H3,(H,25,28)/t13-,14-/m0/s1. The van der Waals surface area contributed by atoms with E-state index in [0.717, 1.165) is 29.0 Å². The second-order valence-electron chi connectivity index (χ2n) is 7.15. The molecule has 0 aliphatic rings. The first kappa shape index (κ1) is 19.9. The van der Waals surface area contributed by atoms with Gasteiger partial charge in [-0.15, -0.1) is 0 Å². The summed E-state index contributed by atoms with van der Waals surface area (Å²) < 4.78 is 28.5. The molecule has 1 aromatic heterocycles. The summed E-state index contributed by atoms with van der Waals surface area (Å²) in [6.45, 7) is 7.84. The van der Waals surface area contributed by atoms with Crippen molar-refractivity contribution in [3.8, 4) is 0 Å². The van der Waals surface area contributed by atoms with Crippen LogP contribution in [0.4, 0.5) is 14.5 Å². The summed E-state index contributed by atoms with van der Waals surface area (Å²) in [5, 5.41) is 5.83. The number of rotatable bonds is 6. The van der Waals surface area contributed by atoms with Crippen LogP contribution in [0.3, 0.4) is 0 Å². The number of benzene rings is 2. The molecule has 1 amide bonds. The van der Waals surface area contributed by atoms with Crippen molar-refractivity contribution < 1.29 is 13.6 Å². The Bertz CT molecular complexity index is 999. The van der Waals surface area contributed by atoms with Gasteiger partial charge in [-0.3, -0.25) is 10.1 Å². The highest BCUT2D eigenvalue weighted by atomic mass is 19.2. The van der Waals surface area contributed by atoms with E-state index in [4.69, 9.17) is 4.98 Å². The number of anilines is 1. The van der Waals surface area contributed by atoms with Crippen LogP contribution in [0, 0.1) is 11.6 Å². The maximum absolute atomic E-state index is 13.3. The highest BCUT2D eigenvalue weighted by Gasteiger charge is 2.22. The van der Waals surface area contributed by atoms with Crippen LogP contribution in [0.25, 0.3) is 11.0 Å².